The quantitative estimate of drug-likeness (QED) is 0.830. The third-order valence-corrected chi connectivity index (χ3v) is 6.02. The van der Waals surface area contributed by atoms with Gasteiger partial charge >= 0.3 is 0 Å². The van der Waals surface area contributed by atoms with Gasteiger partial charge in [0.25, 0.3) is 0 Å². The summed E-state index contributed by atoms with van der Waals surface area (Å²) in [6.45, 7) is 3.73. The second-order valence-electron chi connectivity index (χ2n) is 6.86. The monoisotopic (exact) mass is 369 g/mol. The van der Waals surface area contributed by atoms with Crippen LogP contribution in [0.15, 0.2) is 47.2 Å². The lowest BCUT2D eigenvalue weighted by Gasteiger charge is -2.37. The van der Waals surface area contributed by atoms with Gasteiger partial charge in [0.1, 0.15) is 0 Å². The molecule has 0 aliphatic carbocycles. The van der Waals surface area contributed by atoms with Crippen LogP contribution < -0.4 is 4.90 Å². The molecule has 26 heavy (non-hydrogen) atoms. The number of hydrogen-bond donors (Lipinski definition) is 0. The van der Waals surface area contributed by atoms with Gasteiger partial charge in [0.15, 0.2) is 0 Å². The van der Waals surface area contributed by atoms with Crippen molar-refractivity contribution < 1.29 is 9.59 Å². The fourth-order valence-corrected chi connectivity index (χ4v) is 4.50. The van der Waals surface area contributed by atoms with Crippen molar-refractivity contribution in [2.75, 3.05) is 37.6 Å². The van der Waals surface area contributed by atoms with Crippen molar-refractivity contribution in [2.24, 2.45) is 0 Å². The molecule has 0 spiro atoms. The third kappa shape index (κ3) is 3.52. The molecule has 2 aliphatic rings. The van der Waals surface area contributed by atoms with Crippen LogP contribution in [0.5, 0.6) is 0 Å². The molecule has 1 atom stereocenters. The van der Waals surface area contributed by atoms with Gasteiger partial charge in [-0.15, -0.1) is 0 Å². The zero-order valence-electron chi connectivity index (χ0n) is 14.7. The Morgan fingerprint density at radius 2 is 1.81 bits per heavy atom. The SMILES string of the molecule is O=C(Cc1ccsc1)N1CCN([C@@H]2CCN(c3ccccc3)C2=O)CC1. The summed E-state index contributed by atoms with van der Waals surface area (Å²) in [5.74, 6) is 0.376. The Labute approximate surface area is 157 Å². The molecule has 2 fully saturated rings. The van der Waals surface area contributed by atoms with E-state index in [9.17, 15) is 9.59 Å². The molecule has 0 bridgehead atoms. The topological polar surface area (TPSA) is 43.9 Å². The Kier molecular flexibility index (Phi) is 5.04. The van der Waals surface area contributed by atoms with Crippen LogP contribution >= 0.6 is 11.3 Å². The number of nitrogens with zero attached hydrogens (tertiary/aromatic N) is 3. The molecule has 1 aromatic carbocycles. The van der Waals surface area contributed by atoms with Gasteiger partial charge in [-0.2, -0.15) is 11.3 Å². The number of para-hydroxylation sites is 1. The molecule has 2 amide bonds. The molecule has 0 N–H and O–H groups in total. The molecule has 0 radical (unpaired) electrons. The summed E-state index contributed by atoms with van der Waals surface area (Å²) >= 11 is 1.62. The van der Waals surface area contributed by atoms with E-state index in [1.807, 2.05) is 57.0 Å². The van der Waals surface area contributed by atoms with Crippen LogP contribution in [0.2, 0.25) is 0 Å². The Hall–Kier alpha value is -2.18. The van der Waals surface area contributed by atoms with Crippen molar-refractivity contribution in [3.63, 3.8) is 0 Å². The lowest BCUT2D eigenvalue weighted by Crippen LogP contribution is -2.54. The zero-order valence-corrected chi connectivity index (χ0v) is 15.5. The van der Waals surface area contributed by atoms with E-state index < -0.39 is 0 Å². The lowest BCUT2D eigenvalue weighted by atomic mass is 10.1. The second-order valence-corrected chi connectivity index (χ2v) is 7.64. The van der Waals surface area contributed by atoms with E-state index in [0.717, 1.165) is 37.3 Å². The molecule has 1 aromatic heterocycles. The number of thiophene rings is 1. The summed E-state index contributed by atoms with van der Waals surface area (Å²) in [6.07, 6.45) is 1.34. The third-order valence-electron chi connectivity index (χ3n) is 5.29. The fourth-order valence-electron chi connectivity index (χ4n) is 3.83. The Bertz CT molecular complexity index is 755. The molecule has 5 nitrogen and oxygen atoms in total. The maximum atomic E-state index is 12.8. The number of carbonyl (C=O) groups excluding carboxylic acids is 2. The van der Waals surface area contributed by atoms with Crippen LogP contribution in [-0.4, -0.2) is 60.4 Å². The molecular formula is C20H23N3O2S. The van der Waals surface area contributed by atoms with Gasteiger partial charge in [0.2, 0.25) is 11.8 Å². The van der Waals surface area contributed by atoms with Gasteiger partial charge in [-0.1, -0.05) is 18.2 Å². The smallest absolute Gasteiger partial charge is 0.244 e. The number of piperazine rings is 1. The van der Waals surface area contributed by atoms with E-state index in [1.54, 1.807) is 11.3 Å². The first kappa shape index (κ1) is 17.2. The van der Waals surface area contributed by atoms with Gasteiger partial charge in [-0.25, -0.2) is 0 Å². The molecule has 2 aromatic rings. The Morgan fingerprint density at radius 1 is 1.04 bits per heavy atom. The highest BCUT2D eigenvalue weighted by Crippen LogP contribution is 2.25. The van der Waals surface area contributed by atoms with E-state index in [0.29, 0.717) is 19.5 Å². The summed E-state index contributed by atoms with van der Waals surface area (Å²) in [5, 5.41) is 4.04. The predicted octanol–water partition coefficient (Wildman–Crippen LogP) is 2.24. The number of hydrogen-bond acceptors (Lipinski definition) is 4. The minimum Gasteiger partial charge on any atom is -0.340 e. The molecule has 2 saturated heterocycles. The summed E-state index contributed by atoms with van der Waals surface area (Å²) in [7, 11) is 0. The van der Waals surface area contributed by atoms with Gasteiger partial charge in [-0.3, -0.25) is 14.5 Å². The average Bonchev–Trinajstić information content (AvgIpc) is 3.32. The first-order valence-corrected chi connectivity index (χ1v) is 10.1. The van der Waals surface area contributed by atoms with E-state index in [2.05, 4.69) is 4.90 Å². The van der Waals surface area contributed by atoms with Crippen molar-refractivity contribution in [1.29, 1.82) is 0 Å². The predicted molar refractivity (Wildman–Crippen MR) is 103 cm³/mol. The molecule has 3 heterocycles. The number of benzene rings is 1. The zero-order chi connectivity index (χ0) is 17.9. The van der Waals surface area contributed by atoms with E-state index >= 15 is 0 Å². The second kappa shape index (κ2) is 7.60. The van der Waals surface area contributed by atoms with Crippen molar-refractivity contribution in [1.82, 2.24) is 9.80 Å². The molecule has 4 rings (SSSR count). The number of rotatable bonds is 4. The van der Waals surface area contributed by atoms with Crippen LogP contribution in [0.25, 0.3) is 0 Å². The Morgan fingerprint density at radius 3 is 2.50 bits per heavy atom. The largest absolute Gasteiger partial charge is 0.340 e. The van der Waals surface area contributed by atoms with E-state index in [-0.39, 0.29) is 17.9 Å². The summed E-state index contributed by atoms with van der Waals surface area (Å²) in [5.41, 5.74) is 2.07. The lowest BCUT2D eigenvalue weighted by molar-refractivity contribution is -0.133. The average molecular weight is 369 g/mol. The van der Waals surface area contributed by atoms with Crippen LogP contribution in [0.1, 0.15) is 12.0 Å². The minimum atomic E-state index is -0.0515. The van der Waals surface area contributed by atoms with Crippen molar-refractivity contribution >= 4 is 28.8 Å². The van der Waals surface area contributed by atoms with Crippen LogP contribution in [0.3, 0.4) is 0 Å². The van der Waals surface area contributed by atoms with Crippen LogP contribution in [-0.2, 0) is 16.0 Å². The molecule has 136 valence electrons. The first-order valence-electron chi connectivity index (χ1n) is 9.12. The first-order chi connectivity index (χ1) is 12.7. The highest BCUT2D eigenvalue weighted by Gasteiger charge is 2.38. The number of amides is 2. The standard InChI is InChI=1S/C20H23N3O2S/c24-19(14-16-7-13-26-15-16)22-11-9-21(10-12-22)18-6-8-23(20(18)25)17-4-2-1-3-5-17/h1-5,7,13,15,18H,6,8-12,14H2/t18-/m1/s1. The number of anilines is 1. The molecule has 2 aliphatic heterocycles. The summed E-state index contributed by atoms with van der Waals surface area (Å²) in [6, 6.07) is 11.8. The Balaban J connectivity index is 1.32. The van der Waals surface area contributed by atoms with Crippen LogP contribution in [0.4, 0.5) is 5.69 Å². The van der Waals surface area contributed by atoms with Crippen molar-refractivity contribution in [2.45, 2.75) is 18.9 Å². The summed E-state index contributed by atoms with van der Waals surface area (Å²) in [4.78, 5) is 31.3. The van der Waals surface area contributed by atoms with Crippen molar-refractivity contribution in [3.8, 4) is 0 Å². The van der Waals surface area contributed by atoms with Gasteiger partial charge in [0, 0.05) is 38.4 Å². The maximum absolute atomic E-state index is 12.8. The van der Waals surface area contributed by atoms with Gasteiger partial charge in [0.05, 0.1) is 12.5 Å². The normalized spacial score (nSPS) is 21.4. The molecule has 6 heteroatoms. The fraction of sp³-hybridized carbons (Fsp3) is 0.400. The molecule has 0 unspecified atom stereocenters. The molecule has 0 saturated carbocycles. The van der Waals surface area contributed by atoms with Crippen LogP contribution in [0, 0.1) is 0 Å². The highest BCUT2D eigenvalue weighted by molar-refractivity contribution is 7.08. The van der Waals surface area contributed by atoms with Gasteiger partial charge < -0.3 is 9.80 Å². The van der Waals surface area contributed by atoms with Crippen molar-refractivity contribution in [3.05, 3.63) is 52.7 Å². The molecular weight excluding hydrogens is 346 g/mol. The highest BCUT2D eigenvalue weighted by atomic mass is 32.1. The van der Waals surface area contributed by atoms with E-state index in [4.69, 9.17) is 0 Å². The summed E-state index contributed by atoms with van der Waals surface area (Å²) < 4.78 is 0. The van der Waals surface area contributed by atoms with Gasteiger partial charge in [-0.05, 0) is 40.9 Å². The number of carbonyl (C=O) groups is 2. The minimum absolute atomic E-state index is 0.0515. The maximum Gasteiger partial charge on any atom is 0.244 e. The van der Waals surface area contributed by atoms with E-state index in [1.165, 1.54) is 0 Å².